The van der Waals surface area contributed by atoms with Crippen LogP contribution in [0.15, 0.2) is 18.5 Å². The summed E-state index contributed by atoms with van der Waals surface area (Å²) in [6.07, 6.45) is 14.9. The SMILES string of the molecule is Cn1c(C2CCCCCC2)nnc1C(C)(C)n1ccc(COCC2CC2)c1. The average Bonchev–Trinajstić information content (AvgIpc) is 3.29. The molecule has 0 radical (unpaired) electrons. The van der Waals surface area contributed by atoms with Crippen molar-refractivity contribution >= 4 is 0 Å². The Labute approximate surface area is 163 Å². The van der Waals surface area contributed by atoms with Crippen molar-refractivity contribution in [2.45, 2.75) is 83.3 Å². The zero-order chi connectivity index (χ0) is 18.9. The number of aromatic nitrogens is 4. The Balaban J connectivity index is 1.48. The second-order valence-electron chi connectivity index (χ2n) is 9.07. The van der Waals surface area contributed by atoms with Crippen LogP contribution in [0.25, 0.3) is 0 Å². The Hall–Kier alpha value is -1.62. The first-order chi connectivity index (χ1) is 13.1. The molecule has 0 amide bonds. The van der Waals surface area contributed by atoms with Gasteiger partial charge in [0, 0.05) is 32.0 Å². The van der Waals surface area contributed by atoms with E-state index < -0.39 is 0 Å². The zero-order valence-electron chi connectivity index (χ0n) is 17.2. The summed E-state index contributed by atoms with van der Waals surface area (Å²) in [4.78, 5) is 0. The molecule has 2 fully saturated rings. The average molecular weight is 371 g/mol. The van der Waals surface area contributed by atoms with Crippen LogP contribution in [0.2, 0.25) is 0 Å². The summed E-state index contributed by atoms with van der Waals surface area (Å²) in [7, 11) is 2.14. The molecule has 0 saturated heterocycles. The molecule has 0 atom stereocenters. The third-order valence-electron chi connectivity index (χ3n) is 6.39. The molecular formula is C22H34N4O. The van der Waals surface area contributed by atoms with Gasteiger partial charge in [-0.25, -0.2) is 0 Å². The minimum Gasteiger partial charge on any atom is -0.376 e. The number of nitrogens with zero attached hydrogens (tertiary/aromatic N) is 4. The summed E-state index contributed by atoms with van der Waals surface area (Å²) in [6, 6.07) is 2.16. The van der Waals surface area contributed by atoms with Crippen molar-refractivity contribution in [3.8, 4) is 0 Å². The van der Waals surface area contributed by atoms with E-state index in [1.807, 2.05) is 0 Å². The van der Waals surface area contributed by atoms with E-state index in [4.69, 9.17) is 4.74 Å². The van der Waals surface area contributed by atoms with E-state index >= 15 is 0 Å². The van der Waals surface area contributed by atoms with Crippen LogP contribution in [0.4, 0.5) is 0 Å². The highest BCUT2D eigenvalue weighted by molar-refractivity contribution is 5.17. The van der Waals surface area contributed by atoms with Gasteiger partial charge in [0.15, 0.2) is 5.82 Å². The fraction of sp³-hybridized carbons (Fsp3) is 0.727. The largest absolute Gasteiger partial charge is 0.376 e. The highest BCUT2D eigenvalue weighted by Crippen LogP contribution is 2.33. The molecule has 0 aliphatic heterocycles. The van der Waals surface area contributed by atoms with Gasteiger partial charge in [-0.3, -0.25) is 0 Å². The predicted octanol–water partition coefficient (Wildman–Crippen LogP) is 4.76. The zero-order valence-corrected chi connectivity index (χ0v) is 17.2. The van der Waals surface area contributed by atoms with Crippen molar-refractivity contribution in [1.29, 1.82) is 0 Å². The molecule has 2 saturated carbocycles. The maximum absolute atomic E-state index is 5.85. The number of hydrogen-bond donors (Lipinski definition) is 0. The lowest BCUT2D eigenvalue weighted by molar-refractivity contribution is 0.111. The molecular weight excluding hydrogens is 336 g/mol. The van der Waals surface area contributed by atoms with Crippen molar-refractivity contribution in [2.75, 3.05) is 6.61 Å². The van der Waals surface area contributed by atoms with E-state index in [9.17, 15) is 0 Å². The Morgan fingerprint density at radius 3 is 2.52 bits per heavy atom. The normalized spacial score (nSPS) is 19.4. The van der Waals surface area contributed by atoms with Crippen LogP contribution in [0.1, 0.15) is 88.3 Å². The summed E-state index contributed by atoms with van der Waals surface area (Å²) in [6.45, 7) is 6.06. The van der Waals surface area contributed by atoms with Gasteiger partial charge < -0.3 is 13.9 Å². The van der Waals surface area contributed by atoms with Crippen LogP contribution in [0.3, 0.4) is 0 Å². The van der Waals surface area contributed by atoms with Crippen LogP contribution in [0.5, 0.6) is 0 Å². The third kappa shape index (κ3) is 4.13. The summed E-state index contributed by atoms with van der Waals surface area (Å²) >= 11 is 0. The highest BCUT2D eigenvalue weighted by Gasteiger charge is 2.31. The molecule has 2 aromatic rings. The minimum absolute atomic E-state index is 0.237. The molecule has 0 spiro atoms. The van der Waals surface area contributed by atoms with E-state index in [1.165, 1.54) is 62.8 Å². The van der Waals surface area contributed by atoms with Crippen LogP contribution in [0, 0.1) is 5.92 Å². The van der Waals surface area contributed by atoms with Crippen LogP contribution in [-0.4, -0.2) is 25.9 Å². The smallest absolute Gasteiger partial charge is 0.158 e. The first-order valence-corrected chi connectivity index (χ1v) is 10.7. The summed E-state index contributed by atoms with van der Waals surface area (Å²) < 4.78 is 10.4. The van der Waals surface area contributed by atoms with Gasteiger partial charge in [0.2, 0.25) is 0 Å². The quantitative estimate of drug-likeness (QED) is 0.660. The van der Waals surface area contributed by atoms with E-state index in [-0.39, 0.29) is 5.54 Å². The van der Waals surface area contributed by atoms with Crippen molar-refractivity contribution in [1.82, 2.24) is 19.3 Å². The highest BCUT2D eigenvalue weighted by atomic mass is 16.5. The number of hydrogen-bond acceptors (Lipinski definition) is 3. The first kappa shape index (κ1) is 18.7. The molecule has 5 heteroatoms. The number of ether oxygens (including phenoxy) is 1. The van der Waals surface area contributed by atoms with Crippen LogP contribution >= 0.6 is 0 Å². The molecule has 0 unspecified atom stereocenters. The fourth-order valence-electron chi connectivity index (χ4n) is 4.38. The van der Waals surface area contributed by atoms with E-state index in [0.29, 0.717) is 12.5 Å². The maximum Gasteiger partial charge on any atom is 0.158 e. The molecule has 0 N–H and O–H groups in total. The summed E-state index contributed by atoms with van der Waals surface area (Å²) in [5.74, 6) is 3.57. The standard InChI is InChI=1S/C22H34N4O/c1-22(2,26-13-12-18(14-26)16-27-15-17-10-11-17)21-24-23-20(25(21)3)19-8-6-4-5-7-9-19/h12-14,17,19H,4-11,15-16H2,1-3H3. The topological polar surface area (TPSA) is 44.9 Å². The molecule has 2 aliphatic rings. The molecule has 5 nitrogen and oxygen atoms in total. The molecule has 2 heterocycles. The van der Waals surface area contributed by atoms with Gasteiger partial charge in [0.1, 0.15) is 5.82 Å². The Morgan fingerprint density at radius 2 is 1.81 bits per heavy atom. The van der Waals surface area contributed by atoms with E-state index in [0.717, 1.165) is 18.3 Å². The lowest BCUT2D eigenvalue weighted by Gasteiger charge is -2.26. The molecule has 148 valence electrons. The molecule has 0 aromatic carbocycles. The lowest BCUT2D eigenvalue weighted by atomic mass is 9.99. The van der Waals surface area contributed by atoms with Gasteiger partial charge in [0.05, 0.1) is 12.1 Å². The maximum atomic E-state index is 5.85. The van der Waals surface area contributed by atoms with Crippen molar-refractivity contribution < 1.29 is 4.74 Å². The van der Waals surface area contributed by atoms with Gasteiger partial charge in [-0.15, -0.1) is 10.2 Å². The van der Waals surface area contributed by atoms with Gasteiger partial charge in [0.25, 0.3) is 0 Å². The lowest BCUT2D eigenvalue weighted by Crippen LogP contribution is -2.30. The van der Waals surface area contributed by atoms with Crippen LogP contribution < -0.4 is 0 Å². The molecule has 2 aliphatic carbocycles. The third-order valence-corrected chi connectivity index (χ3v) is 6.39. The van der Waals surface area contributed by atoms with Crippen LogP contribution in [-0.2, 0) is 23.9 Å². The predicted molar refractivity (Wildman–Crippen MR) is 107 cm³/mol. The summed E-state index contributed by atoms with van der Waals surface area (Å²) in [5, 5.41) is 9.26. The Morgan fingerprint density at radius 1 is 1.07 bits per heavy atom. The van der Waals surface area contributed by atoms with Crippen molar-refractivity contribution in [2.24, 2.45) is 13.0 Å². The van der Waals surface area contributed by atoms with Crippen molar-refractivity contribution in [3.63, 3.8) is 0 Å². The monoisotopic (exact) mass is 370 g/mol. The molecule has 4 rings (SSSR count). The molecule has 0 bridgehead atoms. The van der Waals surface area contributed by atoms with Gasteiger partial charge >= 0.3 is 0 Å². The van der Waals surface area contributed by atoms with Gasteiger partial charge in [-0.05, 0) is 57.1 Å². The van der Waals surface area contributed by atoms with Gasteiger partial charge in [-0.2, -0.15) is 0 Å². The minimum atomic E-state index is -0.237. The Bertz CT molecular complexity index is 748. The first-order valence-electron chi connectivity index (χ1n) is 10.7. The fourth-order valence-corrected chi connectivity index (χ4v) is 4.38. The number of rotatable bonds is 7. The second kappa shape index (κ2) is 7.78. The van der Waals surface area contributed by atoms with Crippen molar-refractivity contribution in [3.05, 3.63) is 35.7 Å². The summed E-state index contributed by atoms with van der Waals surface area (Å²) in [5.41, 5.74) is 0.995. The van der Waals surface area contributed by atoms with E-state index in [2.05, 4.69) is 58.7 Å². The molecule has 27 heavy (non-hydrogen) atoms. The van der Waals surface area contributed by atoms with Gasteiger partial charge in [-0.1, -0.05) is 25.7 Å². The Kier molecular flexibility index (Phi) is 5.40. The molecule has 2 aromatic heterocycles. The second-order valence-corrected chi connectivity index (χ2v) is 9.07. The van der Waals surface area contributed by atoms with E-state index in [1.54, 1.807) is 0 Å².